The molecule has 1 aromatic heterocycles. The summed E-state index contributed by atoms with van der Waals surface area (Å²) in [6, 6.07) is 9.60. The third kappa shape index (κ3) is 3.32. The van der Waals surface area contributed by atoms with Gasteiger partial charge in [0, 0.05) is 25.0 Å². The first kappa shape index (κ1) is 14.9. The van der Waals surface area contributed by atoms with Crippen molar-refractivity contribution in [1.82, 2.24) is 0 Å². The smallest absolute Gasteiger partial charge is 0.174 e. The molecule has 0 radical (unpaired) electrons. The fraction of sp³-hybridized carbons (Fsp3) is 0.267. The number of Topliss-reactive ketones (excluding diaryl/α,β-unsaturated/α-hetero) is 1. The first-order chi connectivity index (χ1) is 9.51. The lowest BCUT2D eigenvalue weighted by atomic mass is 10.2. The summed E-state index contributed by atoms with van der Waals surface area (Å²) in [5.41, 5.74) is 7.64. The van der Waals surface area contributed by atoms with Gasteiger partial charge in [-0.05, 0) is 23.8 Å². The van der Waals surface area contributed by atoms with Crippen LogP contribution in [0.1, 0.15) is 28.6 Å². The highest BCUT2D eigenvalue weighted by molar-refractivity contribution is 7.18. The molecule has 1 aromatic carbocycles. The Labute approximate surface area is 128 Å². The number of hydrogen-bond acceptors (Lipinski definition) is 4. The average Bonchev–Trinajstić information content (AvgIpc) is 2.82. The number of carbonyl (C=O) groups is 1. The molecule has 0 spiro atoms. The van der Waals surface area contributed by atoms with Crippen molar-refractivity contribution in [2.24, 2.45) is 0 Å². The van der Waals surface area contributed by atoms with Crippen molar-refractivity contribution < 1.29 is 4.79 Å². The Hall–Kier alpha value is -1.52. The number of anilines is 2. The number of nitrogens with zero attached hydrogens (tertiary/aromatic N) is 1. The molecule has 0 amide bonds. The van der Waals surface area contributed by atoms with Crippen molar-refractivity contribution in [3.8, 4) is 0 Å². The molecule has 0 unspecified atom stereocenters. The SMILES string of the molecule is CCC(=O)c1sc(N(C)Cc2ccc(Cl)cc2)cc1N. The highest BCUT2D eigenvalue weighted by Crippen LogP contribution is 2.33. The van der Waals surface area contributed by atoms with Gasteiger partial charge in [-0.3, -0.25) is 4.79 Å². The minimum absolute atomic E-state index is 0.0960. The quantitative estimate of drug-likeness (QED) is 0.841. The number of benzene rings is 1. The van der Waals surface area contributed by atoms with Crippen LogP contribution in [0.3, 0.4) is 0 Å². The van der Waals surface area contributed by atoms with E-state index in [0.717, 1.165) is 22.1 Å². The molecular weight excluding hydrogens is 292 g/mol. The number of halogens is 1. The van der Waals surface area contributed by atoms with Gasteiger partial charge in [0.05, 0.1) is 15.6 Å². The number of nitrogen functional groups attached to an aromatic ring is 1. The van der Waals surface area contributed by atoms with Gasteiger partial charge in [0.1, 0.15) is 0 Å². The lowest BCUT2D eigenvalue weighted by Gasteiger charge is -2.16. The van der Waals surface area contributed by atoms with E-state index in [1.807, 2.05) is 44.3 Å². The Morgan fingerprint density at radius 1 is 1.35 bits per heavy atom. The number of hydrogen-bond donors (Lipinski definition) is 1. The maximum Gasteiger partial charge on any atom is 0.174 e. The molecule has 3 nitrogen and oxygen atoms in total. The topological polar surface area (TPSA) is 46.3 Å². The first-order valence-electron chi connectivity index (χ1n) is 6.39. The third-order valence-corrected chi connectivity index (χ3v) is 4.59. The summed E-state index contributed by atoms with van der Waals surface area (Å²) in [5, 5.41) is 1.72. The highest BCUT2D eigenvalue weighted by Gasteiger charge is 2.15. The summed E-state index contributed by atoms with van der Waals surface area (Å²) in [4.78, 5) is 14.5. The second-order valence-corrected chi connectivity index (χ2v) is 6.10. The van der Waals surface area contributed by atoms with Crippen LogP contribution in [0.4, 0.5) is 10.7 Å². The zero-order valence-electron chi connectivity index (χ0n) is 11.5. The van der Waals surface area contributed by atoms with Crippen molar-refractivity contribution in [3.63, 3.8) is 0 Å². The van der Waals surface area contributed by atoms with Crippen LogP contribution in [0, 0.1) is 0 Å². The highest BCUT2D eigenvalue weighted by atomic mass is 35.5. The summed E-state index contributed by atoms with van der Waals surface area (Å²) >= 11 is 7.32. The van der Waals surface area contributed by atoms with Crippen LogP contribution in [0.25, 0.3) is 0 Å². The molecule has 1 heterocycles. The zero-order valence-corrected chi connectivity index (χ0v) is 13.1. The van der Waals surface area contributed by atoms with E-state index in [0.29, 0.717) is 17.0 Å². The van der Waals surface area contributed by atoms with Crippen LogP contribution >= 0.6 is 22.9 Å². The molecule has 0 aliphatic rings. The molecule has 2 N–H and O–H groups in total. The van der Waals surface area contributed by atoms with E-state index in [1.54, 1.807) is 0 Å². The van der Waals surface area contributed by atoms with E-state index in [2.05, 4.69) is 4.90 Å². The Bertz CT molecular complexity index is 607. The van der Waals surface area contributed by atoms with Crippen molar-refractivity contribution in [3.05, 3.63) is 45.8 Å². The van der Waals surface area contributed by atoms with Gasteiger partial charge in [-0.2, -0.15) is 0 Å². The van der Waals surface area contributed by atoms with Gasteiger partial charge in [-0.1, -0.05) is 30.7 Å². The third-order valence-electron chi connectivity index (χ3n) is 3.03. The van der Waals surface area contributed by atoms with Crippen molar-refractivity contribution in [2.75, 3.05) is 17.7 Å². The molecule has 0 fully saturated rings. The molecule has 0 aliphatic heterocycles. The molecule has 0 atom stereocenters. The molecule has 0 bridgehead atoms. The molecule has 0 saturated heterocycles. The van der Waals surface area contributed by atoms with Gasteiger partial charge < -0.3 is 10.6 Å². The van der Waals surface area contributed by atoms with Crippen LogP contribution in [0.2, 0.25) is 5.02 Å². The molecule has 2 rings (SSSR count). The average molecular weight is 309 g/mol. The molecule has 5 heteroatoms. The molecular formula is C15H17ClN2OS. The van der Waals surface area contributed by atoms with E-state index >= 15 is 0 Å². The fourth-order valence-corrected chi connectivity index (χ4v) is 3.08. The lowest BCUT2D eigenvalue weighted by molar-refractivity contribution is 0.0993. The number of rotatable bonds is 5. The summed E-state index contributed by atoms with van der Waals surface area (Å²) in [6.07, 6.45) is 0.477. The fourth-order valence-electron chi connectivity index (χ4n) is 1.90. The first-order valence-corrected chi connectivity index (χ1v) is 7.58. The van der Waals surface area contributed by atoms with Crippen LogP contribution < -0.4 is 10.6 Å². The summed E-state index contributed by atoms with van der Waals surface area (Å²) in [5.74, 6) is 0.0960. The van der Waals surface area contributed by atoms with E-state index in [9.17, 15) is 4.79 Å². The van der Waals surface area contributed by atoms with Gasteiger partial charge >= 0.3 is 0 Å². The van der Waals surface area contributed by atoms with Gasteiger partial charge in [-0.15, -0.1) is 11.3 Å². The van der Waals surface area contributed by atoms with Crippen LogP contribution in [0.15, 0.2) is 30.3 Å². The Kier molecular flexibility index (Phi) is 4.68. The summed E-state index contributed by atoms with van der Waals surface area (Å²) in [6.45, 7) is 2.59. The Balaban J connectivity index is 2.15. The second-order valence-electron chi connectivity index (χ2n) is 4.63. The molecule has 0 aliphatic carbocycles. The van der Waals surface area contributed by atoms with Gasteiger partial charge in [0.15, 0.2) is 5.78 Å². The molecule has 0 saturated carbocycles. The van der Waals surface area contributed by atoms with Crippen molar-refractivity contribution >= 4 is 39.4 Å². The largest absolute Gasteiger partial charge is 0.397 e. The van der Waals surface area contributed by atoms with Crippen molar-refractivity contribution in [2.45, 2.75) is 19.9 Å². The van der Waals surface area contributed by atoms with E-state index in [-0.39, 0.29) is 5.78 Å². The van der Waals surface area contributed by atoms with E-state index in [1.165, 1.54) is 11.3 Å². The number of nitrogens with two attached hydrogens (primary N) is 1. The molecule has 2 aromatic rings. The minimum atomic E-state index is 0.0960. The maximum atomic E-state index is 11.8. The molecule has 106 valence electrons. The van der Waals surface area contributed by atoms with Gasteiger partial charge in [-0.25, -0.2) is 0 Å². The number of thiophene rings is 1. The summed E-state index contributed by atoms with van der Waals surface area (Å²) in [7, 11) is 1.99. The lowest BCUT2D eigenvalue weighted by Crippen LogP contribution is -2.14. The maximum absolute atomic E-state index is 11.8. The monoisotopic (exact) mass is 308 g/mol. The number of carbonyl (C=O) groups excluding carboxylic acids is 1. The minimum Gasteiger partial charge on any atom is -0.397 e. The van der Waals surface area contributed by atoms with Gasteiger partial charge in [0.2, 0.25) is 0 Å². The predicted octanol–water partition coefficient (Wildman–Crippen LogP) is 4.21. The van der Waals surface area contributed by atoms with Crippen molar-refractivity contribution in [1.29, 1.82) is 0 Å². The van der Waals surface area contributed by atoms with Gasteiger partial charge in [0.25, 0.3) is 0 Å². The second kappa shape index (κ2) is 6.29. The van der Waals surface area contributed by atoms with E-state index < -0.39 is 0 Å². The normalized spacial score (nSPS) is 10.6. The Morgan fingerprint density at radius 3 is 2.60 bits per heavy atom. The Morgan fingerprint density at radius 2 is 2.00 bits per heavy atom. The van der Waals surface area contributed by atoms with E-state index in [4.69, 9.17) is 17.3 Å². The zero-order chi connectivity index (χ0) is 14.7. The van der Waals surface area contributed by atoms with Crippen LogP contribution in [-0.4, -0.2) is 12.8 Å². The standard InChI is InChI=1S/C15H17ClN2OS/c1-3-13(19)15-12(17)8-14(20-15)18(2)9-10-4-6-11(16)7-5-10/h4-8H,3,9,17H2,1-2H3. The van der Waals surface area contributed by atoms with Crippen LogP contribution in [-0.2, 0) is 6.54 Å². The summed E-state index contributed by atoms with van der Waals surface area (Å²) < 4.78 is 0. The number of ketones is 1. The molecule has 20 heavy (non-hydrogen) atoms. The predicted molar refractivity (Wildman–Crippen MR) is 86.9 cm³/mol. The van der Waals surface area contributed by atoms with Crippen LogP contribution in [0.5, 0.6) is 0 Å².